The van der Waals surface area contributed by atoms with E-state index >= 15 is 0 Å². The van der Waals surface area contributed by atoms with Gasteiger partial charge in [-0.2, -0.15) is 0 Å². The maximum Gasteiger partial charge on any atom is 0.252 e. The lowest BCUT2D eigenvalue weighted by molar-refractivity contribution is -0.131. The van der Waals surface area contributed by atoms with Gasteiger partial charge < -0.3 is 19.7 Å². The summed E-state index contributed by atoms with van der Waals surface area (Å²) >= 11 is 7.96. The number of amides is 2. The lowest BCUT2D eigenvalue weighted by atomic mass is 10.1. The molecule has 0 spiro atoms. The van der Waals surface area contributed by atoms with Crippen molar-refractivity contribution in [2.24, 2.45) is 0 Å². The number of ether oxygens (including phenoxy) is 2. The van der Waals surface area contributed by atoms with Crippen LogP contribution in [0, 0.1) is 3.57 Å². The van der Waals surface area contributed by atoms with Gasteiger partial charge in [0.25, 0.3) is 5.91 Å². The molecule has 1 fully saturated rings. The largest absolute Gasteiger partial charge is 0.454 e. The minimum atomic E-state index is -0.708. The molecular formula is C26H22IN3O4S. The average Bonchev–Trinajstić information content (AvgIpc) is 3.41. The fraction of sp³-hybridized carbons (Fsp3) is 0.192. The summed E-state index contributed by atoms with van der Waals surface area (Å²) < 4.78 is 12.0. The maximum absolute atomic E-state index is 13.5. The summed E-state index contributed by atoms with van der Waals surface area (Å²) in [5, 5.41) is 3.30. The molecule has 1 saturated heterocycles. The minimum Gasteiger partial charge on any atom is -0.454 e. The smallest absolute Gasteiger partial charge is 0.252 e. The van der Waals surface area contributed by atoms with Gasteiger partial charge in [0.2, 0.25) is 12.7 Å². The van der Waals surface area contributed by atoms with E-state index in [-0.39, 0.29) is 25.0 Å². The second-order valence-corrected chi connectivity index (χ2v) is 9.89. The van der Waals surface area contributed by atoms with Crippen LogP contribution in [-0.4, -0.2) is 39.6 Å². The summed E-state index contributed by atoms with van der Waals surface area (Å²) in [5.41, 5.74) is 2.57. The highest BCUT2D eigenvalue weighted by Gasteiger charge is 2.43. The Hall–Kier alpha value is -3.18. The molecule has 35 heavy (non-hydrogen) atoms. The van der Waals surface area contributed by atoms with Crippen molar-refractivity contribution < 1.29 is 19.1 Å². The Kier molecular flexibility index (Phi) is 6.87. The van der Waals surface area contributed by atoms with E-state index in [4.69, 9.17) is 21.7 Å². The van der Waals surface area contributed by atoms with E-state index in [1.54, 1.807) is 4.90 Å². The minimum absolute atomic E-state index is 0.0131. The highest BCUT2D eigenvalue weighted by Crippen LogP contribution is 2.34. The summed E-state index contributed by atoms with van der Waals surface area (Å²) in [6.07, 6.45) is -0.0131. The predicted molar refractivity (Wildman–Crippen MR) is 144 cm³/mol. The van der Waals surface area contributed by atoms with E-state index in [1.807, 2.05) is 77.7 Å². The fourth-order valence-corrected chi connectivity index (χ4v) is 4.85. The maximum atomic E-state index is 13.5. The molecule has 2 aliphatic rings. The Morgan fingerprint density at radius 3 is 2.49 bits per heavy atom. The van der Waals surface area contributed by atoms with Crippen LogP contribution < -0.4 is 14.8 Å². The molecule has 7 nitrogen and oxygen atoms in total. The van der Waals surface area contributed by atoms with Crippen molar-refractivity contribution in [2.45, 2.75) is 25.6 Å². The summed E-state index contributed by atoms with van der Waals surface area (Å²) in [6.45, 7) is 0.908. The Labute approximate surface area is 222 Å². The third-order valence-electron chi connectivity index (χ3n) is 5.88. The number of hydrogen-bond donors (Lipinski definition) is 1. The standard InChI is InChI=1S/C26H22IN3O4S/c27-19-7-9-20(10-8-19)28-24(31)13-21-25(32)30(14-17-4-2-1-3-5-17)26(35)29(21)15-18-6-11-22-23(12-18)34-16-33-22/h1-12,21H,13-16H2,(H,28,31). The normalized spacial score (nSPS) is 16.7. The predicted octanol–water partition coefficient (Wildman–Crippen LogP) is 4.55. The molecule has 1 N–H and O–H groups in total. The number of hydrogen-bond acceptors (Lipinski definition) is 5. The van der Waals surface area contributed by atoms with Crippen molar-refractivity contribution >= 4 is 57.4 Å². The number of benzene rings is 3. The molecule has 1 atom stereocenters. The van der Waals surface area contributed by atoms with Gasteiger partial charge in [-0.1, -0.05) is 36.4 Å². The van der Waals surface area contributed by atoms with Gasteiger partial charge in [-0.3, -0.25) is 14.5 Å². The zero-order chi connectivity index (χ0) is 24.4. The van der Waals surface area contributed by atoms with Crippen molar-refractivity contribution in [1.29, 1.82) is 0 Å². The number of carbonyl (C=O) groups is 2. The van der Waals surface area contributed by atoms with E-state index in [1.165, 1.54) is 0 Å². The first kappa shape index (κ1) is 23.6. The van der Waals surface area contributed by atoms with Gasteiger partial charge in [-0.05, 0) is 82.3 Å². The monoisotopic (exact) mass is 599 g/mol. The number of anilines is 1. The van der Waals surface area contributed by atoms with Gasteiger partial charge in [-0.15, -0.1) is 0 Å². The van der Waals surface area contributed by atoms with E-state index < -0.39 is 6.04 Å². The number of halogens is 1. The summed E-state index contributed by atoms with van der Waals surface area (Å²) in [7, 11) is 0. The van der Waals surface area contributed by atoms with Crippen LogP contribution in [0.5, 0.6) is 11.5 Å². The van der Waals surface area contributed by atoms with Crippen molar-refractivity contribution in [2.75, 3.05) is 12.1 Å². The van der Waals surface area contributed by atoms with E-state index in [2.05, 4.69) is 27.9 Å². The van der Waals surface area contributed by atoms with Crippen LogP contribution in [0.25, 0.3) is 0 Å². The van der Waals surface area contributed by atoms with Crippen LogP contribution in [0.15, 0.2) is 72.8 Å². The first-order valence-corrected chi connectivity index (χ1v) is 12.6. The van der Waals surface area contributed by atoms with Gasteiger partial charge in [-0.25, -0.2) is 0 Å². The van der Waals surface area contributed by atoms with Crippen LogP contribution >= 0.6 is 34.8 Å². The summed E-state index contributed by atoms with van der Waals surface area (Å²) in [4.78, 5) is 29.9. The molecule has 3 aromatic rings. The van der Waals surface area contributed by atoms with Crippen LogP contribution in [0.2, 0.25) is 0 Å². The first-order chi connectivity index (χ1) is 17.0. The lowest BCUT2D eigenvalue weighted by Gasteiger charge is -2.24. The third kappa shape index (κ3) is 5.25. The average molecular weight is 599 g/mol. The number of fused-ring (bicyclic) bond motifs is 1. The van der Waals surface area contributed by atoms with E-state index in [0.717, 1.165) is 14.7 Å². The van der Waals surface area contributed by atoms with Gasteiger partial charge >= 0.3 is 0 Å². The lowest BCUT2D eigenvalue weighted by Crippen LogP contribution is -2.37. The Balaban J connectivity index is 1.37. The fourth-order valence-electron chi connectivity index (χ4n) is 4.14. The molecule has 9 heteroatoms. The molecular weight excluding hydrogens is 577 g/mol. The number of rotatable bonds is 7. The molecule has 0 aliphatic carbocycles. The van der Waals surface area contributed by atoms with E-state index in [0.29, 0.717) is 35.4 Å². The zero-order valence-corrected chi connectivity index (χ0v) is 21.6. The molecule has 2 heterocycles. The van der Waals surface area contributed by atoms with Crippen molar-refractivity contribution in [3.63, 3.8) is 0 Å². The highest BCUT2D eigenvalue weighted by molar-refractivity contribution is 14.1. The summed E-state index contributed by atoms with van der Waals surface area (Å²) in [6, 6.07) is 22.1. The quantitative estimate of drug-likeness (QED) is 0.318. The van der Waals surface area contributed by atoms with Crippen molar-refractivity contribution in [3.05, 3.63) is 87.5 Å². The van der Waals surface area contributed by atoms with Gasteiger partial charge in [0.1, 0.15) is 6.04 Å². The number of thiocarbonyl (C=S) groups is 1. The molecule has 5 rings (SSSR count). The number of nitrogens with one attached hydrogen (secondary N) is 1. The molecule has 3 aromatic carbocycles. The topological polar surface area (TPSA) is 71.1 Å². The SMILES string of the molecule is O=C(CC1C(=O)N(Cc2ccccc2)C(=S)N1Cc1ccc2c(c1)OCO2)Nc1ccc(I)cc1. The van der Waals surface area contributed by atoms with Crippen LogP contribution in [0.3, 0.4) is 0 Å². The Morgan fingerprint density at radius 1 is 0.971 bits per heavy atom. The second-order valence-electron chi connectivity index (χ2n) is 8.28. The molecule has 0 saturated carbocycles. The third-order valence-corrected chi connectivity index (χ3v) is 7.06. The molecule has 1 unspecified atom stereocenters. The zero-order valence-electron chi connectivity index (χ0n) is 18.6. The molecule has 0 bridgehead atoms. The van der Waals surface area contributed by atoms with Crippen LogP contribution in [0.4, 0.5) is 5.69 Å². The second kappa shape index (κ2) is 10.2. The van der Waals surface area contributed by atoms with Crippen LogP contribution in [-0.2, 0) is 22.7 Å². The molecule has 2 amide bonds. The summed E-state index contributed by atoms with van der Waals surface area (Å²) in [5.74, 6) is 0.919. The highest BCUT2D eigenvalue weighted by atomic mass is 127. The number of nitrogens with zero attached hydrogens (tertiary/aromatic N) is 2. The van der Waals surface area contributed by atoms with Gasteiger partial charge in [0, 0.05) is 15.8 Å². The molecule has 2 aliphatic heterocycles. The first-order valence-electron chi connectivity index (χ1n) is 11.1. The van der Waals surface area contributed by atoms with Gasteiger partial charge in [0.15, 0.2) is 16.6 Å². The number of carbonyl (C=O) groups excluding carboxylic acids is 2. The Morgan fingerprint density at radius 2 is 1.71 bits per heavy atom. The van der Waals surface area contributed by atoms with Crippen molar-refractivity contribution in [1.82, 2.24) is 9.80 Å². The van der Waals surface area contributed by atoms with Crippen LogP contribution in [0.1, 0.15) is 17.5 Å². The molecule has 0 aromatic heterocycles. The molecule has 0 radical (unpaired) electrons. The molecule has 178 valence electrons. The van der Waals surface area contributed by atoms with Crippen molar-refractivity contribution in [3.8, 4) is 11.5 Å². The Bertz CT molecular complexity index is 1270. The van der Waals surface area contributed by atoms with E-state index in [9.17, 15) is 9.59 Å². The van der Waals surface area contributed by atoms with Gasteiger partial charge in [0.05, 0.1) is 13.0 Å².